The highest BCUT2D eigenvalue weighted by Crippen LogP contribution is 2.22. The van der Waals surface area contributed by atoms with Crippen LogP contribution in [0.3, 0.4) is 0 Å². The third-order valence-corrected chi connectivity index (χ3v) is 3.20. The minimum Gasteiger partial charge on any atom is -0.392 e. The Kier molecular flexibility index (Phi) is 3.39. The van der Waals surface area contributed by atoms with Gasteiger partial charge in [0, 0.05) is 12.6 Å². The number of aliphatic hydroxyl groups is 1. The second-order valence-corrected chi connectivity index (χ2v) is 4.41. The molecule has 1 N–H and O–H groups in total. The molecule has 0 saturated carbocycles. The molecule has 2 rings (SSSR count). The van der Waals surface area contributed by atoms with Gasteiger partial charge in [0.15, 0.2) is 0 Å². The highest BCUT2D eigenvalue weighted by atomic mass is 16.3. The van der Waals surface area contributed by atoms with Crippen LogP contribution in [0.2, 0.25) is 0 Å². The van der Waals surface area contributed by atoms with E-state index in [0.29, 0.717) is 6.04 Å². The molecule has 1 heterocycles. The van der Waals surface area contributed by atoms with Crippen LogP contribution < -0.4 is 0 Å². The van der Waals surface area contributed by atoms with Gasteiger partial charge in [-0.2, -0.15) is 0 Å². The molecular weight excluding hydrogens is 186 g/mol. The fourth-order valence-electron chi connectivity index (χ4n) is 2.41. The van der Waals surface area contributed by atoms with Crippen molar-refractivity contribution in [2.45, 2.75) is 38.5 Å². The molecule has 2 atom stereocenters. The van der Waals surface area contributed by atoms with Crippen molar-refractivity contribution < 1.29 is 5.11 Å². The molecule has 1 aliphatic rings. The summed E-state index contributed by atoms with van der Waals surface area (Å²) in [6.45, 7) is 3.98. The molecule has 15 heavy (non-hydrogen) atoms. The number of aliphatic hydroxyl groups excluding tert-OH is 1. The first-order chi connectivity index (χ1) is 7.27. The van der Waals surface area contributed by atoms with Crippen molar-refractivity contribution >= 4 is 0 Å². The molecule has 0 amide bonds. The van der Waals surface area contributed by atoms with Gasteiger partial charge in [-0.3, -0.25) is 4.90 Å². The zero-order valence-electron chi connectivity index (χ0n) is 9.26. The van der Waals surface area contributed by atoms with E-state index in [1.165, 1.54) is 12.0 Å². The van der Waals surface area contributed by atoms with E-state index in [2.05, 4.69) is 29.2 Å². The summed E-state index contributed by atoms with van der Waals surface area (Å²) in [6.07, 6.45) is 2.13. The normalized spacial score (nSPS) is 24.3. The Morgan fingerprint density at radius 2 is 2.13 bits per heavy atom. The van der Waals surface area contributed by atoms with Gasteiger partial charge in [0.2, 0.25) is 0 Å². The van der Waals surface area contributed by atoms with E-state index in [4.69, 9.17) is 0 Å². The Labute approximate surface area is 91.5 Å². The van der Waals surface area contributed by atoms with E-state index in [1.54, 1.807) is 0 Å². The van der Waals surface area contributed by atoms with Gasteiger partial charge in [-0.15, -0.1) is 0 Å². The maximum Gasteiger partial charge on any atom is 0.0667 e. The van der Waals surface area contributed by atoms with Crippen LogP contribution in [-0.4, -0.2) is 28.7 Å². The average molecular weight is 205 g/mol. The van der Waals surface area contributed by atoms with Gasteiger partial charge < -0.3 is 5.11 Å². The van der Waals surface area contributed by atoms with Gasteiger partial charge in [-0.25, -0.2) is 0 Å². The highest BCUT2D eigenvalue weighted by molar-refractivity contribution is 5.14. The standard InChI is InChI=1S/C13H19NO/c1-11(15)13-8-5-9-14(13)10-12-6-3-2-4-7-12/h2-4,6-7,11,13,15H,5,8-10H2,1H3/t11-,13?/m1/s1. The third kappa shape index (κ3) is 2.58. The van der Waals surface area contributed by atoms with E-state index < -0.39 is 0 Å². The summed E-state index contributed by atoms with van der Waals surface area (Å²) >= 11 is 0. The minimum atomic E-state index is -0.212. The van der Waals surface area contributed by atoms with Crippen molar-refractivity contribution in [1.29, 1.82) is 0 Å². The van der Waals surface area contributed by atoms with Crippen LogP contribution in [0.4, 0.5) is 0 Å². The molecule has 0 aliphatic carbocycles. The summed E-state index contributed by atoms with van der Waals surface area (Å²) in [5.74, 6) is 0. The van der Waals surface area contributed by atoms with E-state index in [0.717, 1.165) is 19.5 Å². The molecule has 2 heteroatoms. The summed E-state index contributed by atoms with van der Waals surface area (Å²) in [7, 11) is 0. The lowest BCUT2D eigenvalue weighted by atomic mass is 10.1. The fraction of sp³-hybridized carbons (Fsp3) is 0.538. The van der Waals surface area contributed by atoms with Crippen LogP contribution in [0.15, 0.2) is 30.3 Å². The molecule has 82 valence electrons. The maximum absolute atomic E-state index is 9.66. The third-order valence-electron chi connectivity index (χ3n) is 3.20. The van der Waals surface area contributed by atoms with Gasteiger partial charge in [0.05, 0.1) is 6.10 Å². The fourth-order valence-corrected chi connectivity index (χ4v) is 2.41. The number of rotatable bonds is 3. The average Bonchev–Trinajstić information content (AvgIpc) is 2.67. The number of likely N-dealkylation sites (tertiary alicyclic amines) is 1. The van der Waals surface area contributed by atoms with Gasteiger partial charge in [-0.05, 0) is 31.9 Å². The molecule has 1 saturated heterocycles. The minimum absolute atomic E-state index is 0.212. The molecule has 0 aromatic heterocycles. The molecular formula is C13H19NO. The Bertz CT molecular complexity index is 297. The van der Waals surface area contributed by atoms with Crippen LogP contribution in [0.5, 0.6) is 0 Å². The first kappa shape index (κ1) is 10.7. The molecule has 1 aliphatic heterocycles. The lowest BCUT2D eigenvalue weighted by molar-refractivity contribution is 0.0828. The van der Waals surface area contributed by atoms with Crippen LogP contribution in [0.25, 0.3) is 0 Å². The van der Waals surface area contributed by atoms with Gasteiger partial charge in [-0.1, -0.05) is 30.3 Å². The predicted octanol–water partition coefficient (Wildman–Crippen LogP) is 2.03. The molecule has 0 bridgehead atoms. The van der Waals surface area contributed by atoms with Crippen molar-refractivity contribution in [3.8, 4) is 0 Å². The van der Waals surface area contributed by atoms with E-state index >= 15 is 0 Å². The van der Waals surface area contributed by atoms with Crippen molar-refractivity contribution in [2.75, 3.05) is 6.54 Å². The molecule has 1 unspecified atom stereocenters. The molecule has 1 aromatic carbocycles. The van der Waals surface area contributed by atoms with Gasteiger partial charge >= 0.3 is 0 Å². The van der Waals surface area contributed by atoms with Crippen molar-refractivity contribution in [3.05, 3.63) is 35.9 Å². The SMILES string of the molecule is C[C@@H](O)C1CCCN1Cc1ccccc1. The van der Waals surface area contributed by atoms with E-state index in [-0.39, 0.29) is 6.10 Å². The molecule has 1 aromatic rings. The zero-order valence-corrected chi connectivity index (χ0v) is 9.26. The maximum atomic E-state index is 9.66. The van der Waals surface area contributed by atoms with Crippen LogP contribution in [0, 0.1) is 0 Å². The number of nitrogens with zero attached hydrogens (tertiary/aromatic N) is 1. The Hall–Kier alpha value is -0.860. The quantitative estimate of drug-likeness (QED) is 0.816. The summed E-state index contributed by atoms with van der Waals surface area (Å²) in [5.41, 5.74) is 1.34. The smallest absolute Gasteiger partial charge is 0.0667 e. The van der Waals surface area contributed by atoms with E-state index in [9.17, 15) is 5.11 Å². The molecule has 0 radical (unpaired) electrons. The summed E-state index contributed by atoms with van der Waals surface area (Å²) in [4.78, 5) is 2.39. The predicted molar refractivity (Wildman–Crippen MR) is 61.6 cm³/mol. The first-order valence-corrected chi connectivity index (χ1v) is 5.73. The Balaban J connectivity index is 2.00. The van der Waals surface area contributed by atoms with E-state index in [1.807, 2.05) is 13.0 Å². The van der Waals surface area contributed by atoms with Crippen LogP contribution in [-0.2, 0) is 6.54 Å². The van der Waals surface area contributed by atoms with Crippen molar-refractivity contribution in [2.24, 2.45) is 0 Å². The molecule has 1 fully saturated rings. The Morgan fingerprint density at radius 3 is 2.80 bits per heavy atom. The van der Waals surface area contributed by atoms with Crippen LogP contribution >= 0.6 is 0 Å². The summed E-state index contributed by atoms with van der Waals surface area (Å²) < 4.78 is 0. The van der Waals surface area contributed by atoms with Gasteiger partial charge in [0.1, 0.15) is 0 Å². The zero-order chi connectivity index (χ0) is 10.7. The Morgan fingerprint density at radius 1 is 1.40 bits per heavy atom. The largest absolute Gasteiger partial charge is 0.392 e. The first-order valence-electron chi connectivity index (χ1n) is 5.73. The number of hydrogen-bond donors (Lipinski definition) is 1. The van der Waals surface area contributed by atoms with Gasteiger partial charge in [0.25, 0.3) is 0 Å². The second kappa shape index (κ2) is 4.77. The number of hydrogen-bond acceptors (Lipinski definition) is 2. The highest BCUT2D eigenvalue weighted by Gasteiger charge is 2.27. The topological polar surface area (TPSA) is 23.5 Å². The van der Waals surface area contributed by atoms with Crippen molar-refractivity contribution in [1.82, 2.24) is 4.90 Å². The van der Waals surface area contributed by atoms with Crippen molar-refractivity contribution in [3.63, 3.8) is 0 Å². The summed E-state index contributed by atoms with van der Waals surface area (Å²) in [5, 5.41) is 9.66. The molecule has 0 spiro atoms. The van der Waals surface area contributed by atoms with Crippen LogP contribution in [0.1, 0.15) is 25.3 Å². The lowest BCUT2D eigenvalue weighted by Crippen LogP contribution is -2.36. The monoisotopic (exact) mass is 205 g/mol. The summed E-state index contributed by atoms with van der Waals surface area (Å²) in [6, 6.07) is 10.8. The second-order valence-electron chi connectivity index (χ2n) is 4.41. The molecule has 2 nitrogen and oxygen atoms in total. The lowest BCUT2D eigenvalue weighted by Gasteiger charge is -2.26. The number of benzene rings is 1.